The Hall–Kier alpha value is -1.43. The van der Waals surface area contributed by atoms with Gasteiger partial charge in [-0.3, -0.25) is 4.79 Å². The fraction of sp³-hybridized carbons (Fsp3) is 0.571. The van der Waals surface area contributed by atoms with E-state index in [1.54, 1.807) is 11.8 Å². The molecule has 0 aliphatic carbocycles. The van der Waals surface area contributed by atoms with Crippen molar-refractivity contribution in [1.29, 1.82) is 0 Å². The summed E-state index contributed by atoms with van der Waals surface area (Å²) in [6, 6.07) is 1.83. The monoisotopic (exact) mass is 296 g/mol. The molecule has 2 N–H and O–H groups in total. The van der Waals surface area contributed by atoms with Gasteiger partial charge in [-0.05, 0) is 39.0 Å². The maximum atomic E-state index is 12.4. The van der Waals surface area contributed by atoms with Crippen molar-refractivity contribution >= 4 is 23.6 Å². The van der Waals surface area contributed by atoms with Gasteiger partial charge in [0.15, 0.2) is 0 Å². The van der Waals surface area contributed by atoms with Crippen LogP contribution >= 0.6 is 11.8 Å². The number of hydrogen-bond donors (Lipinski definition) is 2. The van der Waals surface area contributed by atoms with Crippen molar-refractivity contribution in [3.05, 3.63) is 23.0 Å². The zero-order valence-electron chi connectivity index (χ0n) is 12.0. The molecule has 1 amide bonds. The fourth-order valence-electron chi connectivity index (χ4n) is 2.69. The van der Waals surface area contributed by atoms with Crippen molar-refractivity contribution in [2.75, 3.05) is 11.5 Å². The number of carbonyl (C=O) groups excluding carboxylic acids is 1. The Bertz CT molecular complexity index is 545. The van der Waals surface area contributed by atoms with Crippen LogP contribution < -0.4 is 5.32 Å². The molecule has 1 aromatic rings. The number of carbonyl (C=O) groups is 2. The van der Waals surface area contributed by atoms with E-state index in [4.69, 9.17) is 0 Å². The molecule has 0 aromatic carbocycles. The Morgan fingerprint density at radius 2 is 2.20 bits per heavy atom. The molecule has 1 unspecified atom stereocenters. The molecular weight excluding hydrogens is 276 g/mol. The number of aryl methyl sites for hydroxylation is 1. The van der Waals surface area contributed by atoms with Gasteiger partial charge >= 0.3 is 5.97 Å². The number of hydrogen-bond acceptors (Lipinski definition) is 3. The van der Waals surface area contributed by atoms with Gasteiger partial charge < -0.3 is 15.0 Å². The number of nitrogens with zero attached hydrogens (tertiary/aromatic N) is 1. The van der Waals surface area contributed by atoms with Gasteiger partial charge in [0, 0.05) is 23.7 Å². The normalized spacial score (nSPS) is 21.9. The molecule has 5 nitrogen and oxygen atoms in total. The number of nitrogens with one attached hydrogen (secondary N) is 1. The predicted molar refractivity (Wildman–Crippen MR) is 79.4 cm³/mol. The number of rotatable bonds is 4. The minimum Gasteiger partial charge on any atom is -0.479 e. The molecule has 1 fully saturated rings. The molecular formula is C14H20N2O3S. The number of carboxylic acid groups (broad SMARTS) is 1. The first-order chi connectivity index (χ1) is 9.41. The highest BCUT2D eigenvalue weighted by Crippen LogP contribution is 2.29. The van der Waals surface area contributed by atoms with Crippen LogP contribution in [0.2, 0.25) is 0 Å². The van der Waals surface area contributed by atoms with Crippen LogP contribution in [0.25, 0.3) is 0 Å². The second-order valence-corrected chi connectivity index (χ2v) is 6.28. The molecule has 1 saturated heterocycles. The first-order valence-electron chi connectivity index (χ1n) is 6.71. The third kappa shape index (κ3) is 2.44. The van der Waals surface area contributed by atoms with Crippen molar-refractivity contribution in [3.8, 4) is 0 Å². The Balaban J connectivity index is 2.26. The van der Waals surface area contributed by atoms with Crippen LogP contribution in [-0.2, 0) is 11.3 Å². The van der Waals surface area contributed by atoms with Crippen LogP contribution in [0.15, 0.2) is 6.07 Å². The van der Waals surface area contributed by atoms with E-state index in [2.05, 4.69) is 5.32 Å². The topological polar surface area (TPSA) is 71.3 Å². The number of thioether (sulfide) groups is 1. The molecule has 1 aliphatic heterocycles. The van der Waals surface area contributed by atoms with Crippen LogP contribution in [0.1, 0.15) is 35.1 Å². The van der Waals surface area contributed by atoms with Gasteiger partial charge in [-0.1, -0.05) is 0 Å². The van der Waals surface area contributed by atoms with Crippen LogP contribution in [0, 0.1) is 13.8 Å². The van der Waals surface area contributed by atoms with Crippen molar-refractivity contribution < 1.29 is 14.7 Å². The van der Waals surface area contributed by atoms with Gasteiger partial charge in [0.1, 0.15) is 5.54 Å². The Morgan fingerprint density at radius 1 is 1.50 bits per heavy atom. The molecule has 20 heavy (non-hydrogen) atoms. The number of aromatic nitrogens is 1. The smallest absolute Gasteiger partial charge is 0.330 e. The van der Waals surface area contributed by atoms with E-state index in [1.807, 2.05) is 31.4 Å². The van der Waals surface area contributed by atoms with Crippen LogP contribution in [0.5, 0.6) is 0 Å². The van der Waals surface area contributed by atoms with E-state index < -0.39 is 11.5 Å². The summed E-state index contributed by atoms with van der Waals surface area (Å²) < 4.78 is 2.05. The summed E-state index contributed by atoms with van der Waals surface area (Å²) in [6.45, 7) is 6.66. The Labute approximate surface area is 122 Å². The van der Waals surface area contributed by atoms with Crippen LogP contribution in [-0.4, -0.2) is 38.6 Å². The zero-order valence-corrected chi connectivity index (χ0v) is 12.8. The van der Waals surface area contributed by atoms with Crippen LogP contribution in [0.3, 0.4) is 0 Å². The summed E-state index contributed by atoms with van der Waals surface area (Å²) in [7, 11) is 0. The van der Waals surface area contributed by atoms with E-state index in [-0.39, 0.29) is 5.91 Å². The molecule has 2 heterocycles. The first-order valence-corrected chi connectivity index (χ1v) is 7.87. The first kappa shape index (κ1) is 15.0. The van der Waals surface area contributed by atoms with Gasteiger partial charge in [-0.2, -0.15) is 11.8 Å². The van der Waals surface area contributed by atoms with E-state index in [0.29, 0.717) is 17.7 Å². The summed E-state index contributed by atoms with van der Waals surface area (Å²) in [5.41, 5.74) is 1.35. The van der Waals surface area contributed by atoms with Gasteiger partial charge in [0.05, 0.1) is 5.56 Å². The lowest BCUT2D eigenvalue weighted by Crippen LogP contribution is -2.54. The van der Waals surface area contributed by atoms with Gasteiger partial charge in [-0.15, -0.1) is 0 Å². The predicted octanol–water partition coefficient (Wildman–Crippen LogP) is 1.81. The van der Waals surface area contributed by atoms with Crippen molar-refractivity contribution in [3.63, 3.8) is 0 Å². The lowest BCUT2D eigenvalue weighted by molar-refractivity contribution is -0.143. The number of amides is 1. The molecule has 0 bridgehead atoms. The average Bonchev–Trinajstić information content (AvgIpc) is 2.95. The minimum absolute atomic E-state index is 0.289. The summed E-state index contributed by atoms with van der Waals surface area (Å²) in [4.78, 5) is 23.9. The van der Waals surface area contributed by atoms with E-state index in [9.17, 15) is 14.7 Å². The van der Waals surface area contributed by atoms with Crippen LogP contribution in [0.4, 0.5) is 0 Å². The largest absolute Gasteiger partial charge is 0.479 e. The highest BCUT2D eigenvalue weighted by molar-refractivity contribution is 7.99. The second kappa shape index (κ2) is 5.52. The van der Waals surface area contributed by atoms with Gasteiger partial charge in [-0.25, -0.2) is 4.79 Å². The highest BCUT2D eigenvalue weighted by atomic mass is 32.2. The van der Waals surface area contributed by atoms with Gasteiger partial charge in [0.2, 0.25) is 0 Å². The average molecular weight is 296 g/mol. The lowest BCUT2D eigenvalue weighted by Gasteiger charge is -2.24. The fourth-order valence-corrected chi connectivity index (χ4v) is 4.01. The maximum absolute atomic E-state index is 12.4. The quantitative estimate of drug-likeness (QED) is 0.889. The third-order valence-corrected chi connectivity index (χ3v) is 5.11. The number of carboxylic acids is 1. The molecule has 0 saturated carbocycles. The Morgan fingerprint density at radius 3 is 2.65 bits per heavy atom. The lowest BCUT2D eigenvalue weighted by atomic mass is 9.98. The van der Waals surface area contributed by atoms with Crippen molar-refractivity contribution in [2.24, 2.45) is 0 Å². The van der Waals surface area contributed by atoms with Crippen molar-refractivity contribution in [1.82, 2.24) is 9.88 Å². The van der Waals surface area contributed by atoms with E-state index in [1.165, 1.54) is 0 Å². The second-order valence-electron chi connectivity index (χ2n) is 5.17. The van der Waals surface area contributed by atoms with Gasteiger partial charge in [0.25, 0.3) is 5.91 Å². The molecule has 2 rings (SSSR count). The molecule has 6 heteroatoms. The third-order valence-electron chi connectivity index (χ3n) is 3.92. The summed E-state index contributed by atoms with van der Waals surface area (Å²) in [5, 5.41) is 12.1. The molecule has 1 atom stereocenters. The van der Waals surface area contributed by atoms with Crippen molar-refractivity contribution in [2.45, 2.75) is 39.3 Å². The molecule has 1 aromatic heterocycles. The zero-order chi connectivity index (χ0) is 14.9. The van der Waals surface area contributed by atoms with E-state index >= 15 is 0 Å². The molecule has 0 radical (unpaired) electrons. The Kier molecular flexibility index (Phi) is 4.13. The summed E-state index contributed by atoms with van der Waals surface area (Å²) in [5.74, 6) is -0.0379. The highest BCUT2D eigenvalue weighted by Gasteiger charge is 2.43. The SMILES string of the molecule is CCn1c(C)cc(C(=O)NC2(C(=O)O)CCSC2)c1C. The summed E-state index contributed by atoms with van der Waals surface area (Å²) >= 11 is 1.56. The molecule has 110 valence electrons. The number of aliphatic carboxylic acids is 1. The van der Waals surface area contributed by atoms with E-state index in [0.717, 1.165) is 23.7 Å². The maximum Gasteiger partial charge on any atom is 0.330 e. The molecule has 0 spiro atoms. The minimum atomic E-state index is -1.11. The molecule has 1 aliphatic rings. The summed E-state index contributed by atoms with van der Waals surface area (Å²) in [6.07, 6.45) is 0.477. The standard InChI is InChI=1S/C14H20N2O3S/c1-4-16-9(2)7-11(10(16)3)12(17)15-14(13(18)19)5-6-20-8-14/h7H,4-6,8H2,1-3H3,(H,15,17)(H,18,19).